The third-order valence-electron chi connectivity index (χ3n) is 4.08. The van der Waals surface area contributed by atoms with E-state index in [1.165, 1.54) is 36.0 Å². The molecule has 0 fully saturated rings. The van der Waals surface area contributed by atoms with Crippen LogP contribution >= 0.6 is 34.4 Å². The number of nitrogens with one attached hydrogen (secondary N) is 2. The molecule has 1 heterocycles. The van der Waals surface area contributed by atoms with Gasteiger partial charge in [-0.25, -0.2) is 4.39 Å². The van der Waals surface area contributed by atoms with Gasteiger partial charge >= 0.3 is 0 Å². The van der Waals surface area contributed by atoms with Gasteiger partial charge in [-0.3, -0.25) is 9.59 Å². The second-order valence-corrected chi connectivity index (χ2v) is 8.36. The topological polar surface area (TPSA) is 88.9 Å². The highest BCUT2D eigenvalue weighted by atomic mass is 127. The third kappa shape index (κ3) is 6.02. The minimum atomic E-state index is -0.398. The van der Waals surface area contributed by atoms with Crippen molar-refractivity contribution in [2.45, 2.75) is 25.2 Å². The van der Waals surface area contributed by atoms with Crippen molar-refractivity contribution in [1.82, 2.24) is 20.1 Å². The van der Waals surface area contributed by atoms with Crippen LogP contribution in [0.4, 0.5) is 10.1 Å². The van der Waals surface area contributed by atoms with Crippen LogP contribution in [-0.4, -0.2) is 32.3 Å². The summed E-state index contributed by atoms with van der Waals surface area (Å²) in [5.74, 6) is -0.102. The summed E-state index contributed by atoms with van der Waals surface area (Å²) in [6.07, 6.45) is 0. The maximum absolute atomic E-state index is 13.0. The van der Waals surface area contributed by atoms with Crippen LogP contribution in [0.1, 0.15) is 23.1 Å². The zero-order valence-corrected chi connectivity index (χ0v) is 19.0. The maximum Gasteiger partial charge on any atom is 0.251 e. The zero-order valence-electron chi connectivity index (χ0n) is 16.1. The molecule has 0 aliphatic heterocycles. The Morgan fingerprint density at radius 2 is 1.80 bits per heavy atom. The number of anilines is 1. The number of amides is 2. The van der Waals surface area contributed by atoms with Crippen LogP contribution in [0, 0.1) is 9.39 Å². The number of halogens is 2. The van der Waals surface area contributed by atoms with Crippen molar-refractivity contribution in [2.75, 3.05) is 11.1 Å². The first-order valence-corrected chi connectivity index (χ1v) is 11.2. The molecule has 0 spiro atoms. The standard InChI is InChI=1S/C20H19FIN5O2S/c1-2-27-17(11-23-19(29)13-3-5-14(21)6-4-13)25-26-20(27)30-12-18(28)24-16-9-7-15(22)8-10-16/h3-10H,2,11-12H2,1H3,(H,23,29)(H,24,28). The number of aromatic nitrogens is 3. The Morgan fingerprint density at radius 3 is 2.47 bits per heavy atom. The second-order valence-electron chi connectivity index (χ2n) is 6.18. The van der Waals surface area contributed by atoms with Gasteiger partial charge in [0.25, 0.3) is 5.91 Å². The fourth-order valence-electron chi connectivity index (χ4n) is 2.60. The van der Waals surface area contributed by atoms with Crippen molar-refractivity contribution in [3.05, 3.63) is 69.3 Å². The predicted molar refractivity (Wildman–Crippen MR) is 122 cm³/mol. The lowest BCUT2D eigenvalue weighted by atomic mass is 10.2. The van der Waals surface area contributed by atoms with Gasteiger partial charge in [0.2, 0.25) is 5.91 Å². The Morgan fingerprint density at radius 1 is 1.10 bits per heavy atom. The molecule has 0 unspecified atom stereocenters. The zero-order chi connectivity index (χ0) is 21.5. The van der Waals surface area contributed by atoms with Crippen molar-refractivity contribution < 1.29 is 14.0 Å². The van der Waals surface area contributed by atoms with Gasteiger partial charge in [0, 0.05) is 21.4 Å². The van der Waals surface area contributed by atoms with Crippen LogP contribution < -0.4 is 10.6 Å². The highest BCUT2D eigenvalue weighted by molar-refractivity contribution is 14.1. The van der Waals surface area contributed by atoms with E-state index in [0.29, 0.717) is 23.1 Å². The molecular formula is C20H19FIN5O2S. The van der Waals surface area contributed by atoms with E-state index in [-0.39, 0.29) is 24.1 Å². The Kier molecular flexibility index (Phi) is 7.80. The Hall–Kier alpha value is -2.47. The molecule has 2 amide bonds. The Labute approximate surface area is 191 Å². The lowest BCUT2D eigenvalue weighted by molar-refractivity contribution is -0.113. The SMILES string of the molecule is CCn1c(CNC(=O)c2ccc(F)cc2)nnc1SCC(=O)Nc1ccc(I)cc1. The fourth-order valence-corrected chi connectivity index (χ4v) is 3.78. The molecule has 1 aromatic heterocycles. The monoisotopic (exact) mass is 539 g/mol. The number of hydrogen-bond donors (Lipinski definition) is 2. The number of benzene rings is 2. The van der Waals surface area contributed by atoms with E-state index >= 15 is 0 Å². The van der Waals surface area contributed by atoms with Crippen LogP contribution in [0.5, 0.6) is 0 Å². The van der Waals surface area contributed by atoms with Gasteiger partial charge in [-0.05, 0) is 78.0 Å². The highest BCUT2D eigenvalue weighted by Crippen LogP contribution is 2.18. The fraction of sp³-hybridized carbons (Fsp3) is 0.200. The van der Waals surface area contributed by atoms with Crippen molar-refractivity contribution in [3.63, 3.8) is 0 Å². The lowest BCUT2D eigenvalue weighted by Gasteiger charge is -2.09. The molecule has 10 heteroatoms. The number of thioether (sulfide) groups is 1. The van der Waals surface area contributed by atoms with Gasteiger partial charge in [0.1, 0.15) is 5.82 Å². The quantitative estimate of drug-likeness (QED) is 0.337. The number of carbonyl (C=O) groups is 2. The number of hydrogen-bond acceptors (Lipinski definition) is 5. The van der Waals surface area contributed by atoms with Gasteiger partial charge in [-0.2, -0.15) is 0 Å². The summed E-state index contributed by atoms with van der Waals surface area (Å²) >= 11 is 3.48. The minimum Gasteiger partial charge on any atom is -0.345 e. The smallest absolute Gasteiger partial charge is 0.251 e. The first kappa shape index (κ1) is 22.2. The van der Waals surface area contributed by atoms with Gasteiger partial charge in [-0.1, -0.05) is 11.8 Å². The molecular weight excluding hydrogens is 520 g/mol. The molecule has 0 saturated carbocycles. The predicted octanol–water partition coefficient (Wildman–Crippen LogP) is 3.70. The summed E-state index contributed by atoms with van der Waals surface area (Å²) in [5.41, 5.74) is 1.10. The lowest BCUT2D eigenvalue weighted by Crippen LogP contribution is -2.24. The molecule has 0 atom stereocenters. The molecule has 3 aromatic rings. The van der Waals surface area contributed by atoms with Crippen molar-refractivity contribution >= 4 is 51.9 Å². The van der Waals surface area contributed by atoms with E-state index in [1.54, 1.807) is 0 Å². The average Bonchev–Trinajstić information content (AvgIpc) is 3.14. The summed E-state index contributed by atoms with van der Waals surface area (Å²) in [6.45, 7) is 2.70. The van der Waals surface area contributed by atoms with Gasteiger partial charge in [-0.15, -0.1) is 10.2 Å². The van der Waals surface area contributed by atoms with Crippen molar-refractivity contribution in [3.8, 4) is 0 Å². The van der Waals surface area contributed by atoms with E-state index in [9.17, 15) is 14.0 Å². The highest BCUT2D eigenvalue weighted by Gasteiger charge is 2.14. The van der Waals surface area contributed by atoms with Crippen LogP contribution in [0.15, 0.2) is 53.7 Å². The second kappa shape index (κ2) is 10.5. The molecule has 3 rings (SSSR count). The summed E-state index contributed by atoms with van der Waals surface area (Å²) < 4.78 is 15.9. The molecule has 0 saturated heterocycles. The van der Waals surface area contributed by atoms with Crippen LogP contribution in [0.3, 0.4) is 0 Å². The first-order chi connectivity index (χ1) is 14.5. The molecule has 0 aliphatic rings. The van der Waals surface area contributed by atoms with Crippen LogP contribution in [-0.2, 0) is 17.9 Å². The van der Waals surface area contributed by atoms with Crippen molar-refractivity contribution in [1.29, 1.82) is 0 Å². The van der Waals surface area contributed by atoms with E-state index in [4.69, 9.17) is 0 Å². The molecule has 0 radical (unpaired) electrons. The number of carbonyl (C=O) groups excluding carboxylic acids is 2. The summed E-state index contributed by atoms with van der Waals surface area (Å²) in [5, 5.41) is 14.4. The maximum atomic E-state index is 13.0. The van der Waals surface area contributed by atoms with Gasteiger partial charge < -0.3 is 15.2 Å². The summed E-state index contributed by atoms with van der Waals surface area (Å²) in [7, 11) is 0. The molecule has 2 aromatic carbocycles. The molecule has 7 nitrogen and oxygen atoms in total. The van der Waals surface area contributed by atoms with E-state index < -0.39 is 5.82 Å². The van der Waals surface area contributed by atoms with Gasteiger partial charge in [0.15, 0.2) is 11.0 Å². The molecule has 0 bridgehead atoms. The number of nitrogens with zero attached hydrogens (tertiary/aromatic N) is 3. The molecule has 30 heavy (non-hydrogen) atoms. The molecule has 2 N–H and O–H groups in total. The Bertz CT molecular complexity index is 1020. The summed E-state index contributed by atoms with van der Waals surface area (Å²) in [4.78, 5) is 24.4. The first-order valence-electron chi connectivity index (χ1n) is 9.10. The van der Waals surface area contributed by atoms with Crippen LogP contribution in [0.25, 0.3) is 0 Å². The number of rotatable bonds is 8. The average molecular weight is 539 g/mol. The summed E-state index contributed by atoms with van der Waals surface area (Å²) in [6, 6.07) is 12.8. The normalized spacial score (nSPS) is 10.6. The molecule has 0 aliphatic carbocycles. The molecule has 156 valence electrons. The third-order valence-corrected chi connectivity index (χ3v) is 5.77. The van der Waals surface area contributed by atoms with Crippen LogP contribution in [0.2, 0.25) is 0 Å². The minimum absolute atomic E-state index is 0.141. The Balaban J connectivity index is 1.55. The van der Waals surface area contributed by atoms with E-state index in [2.05, 4.69) is 43.4 Å². The van der Waals surface area contributed by atoms with E-state index in [0.717, 1.165) is 9.26 Å². The van der Waals surface area contributed by atoms with E-state index in [1.807, 2.05) is 35.8 Å². The van der Waals surface area contributed by atoms with Crippen molar-refractivity contribution in [2.24, 2.45) is 0 Å². The largest absolute Gasteiger partial charge is 0.345 e. The van der Waals surface area contributed by atoms with Gasteiger partial charge in [0.05, 0.1) is 12.3 Å².